The molecule has 77 heavy (non-hydrogen) atoms. The van der Waals surface area contributed by atoms with Crippen molar-refractivity contribution in [3.05, 3.63) is 58.1 Å². The summed E-state index contributed by atoms with van der Waals surface area (Å²) in [7, 11) is 0. The largest absolute Gasteiger partial charge is 0.504 e. The van der Waals surface area contributed by atoms with Crippen LogP contribution in [-0.2, 0) is 47.4 Å². The topological polar surface area (TPSA) is 501 Å². The Balaban J connectivity index is 1.11. The fourth-order valence-electron chi connectivity index (χ4n) is 11.6. The molecule has 4 aromatic carbocycles. The van der Waals surface area contributed by atoms with E-state index in [0.717, 1.165) is 0 Å². The van der Waals surface area contributed by atoms with Crippen LogP contribution in [0.5, 0.6) is 69.0 Å². The van der Waals surface area contributed by atoms with Gasteiger partial charge in [0.15, 0.2) is 64.0 Å². The van der Waals surface area contributed by atoms with E-state index < -0.39 is 241 Å². The Labute approximate surface area is 423 Å². The van der Waals surface area contributed by atoms with E-state index in [0.29, 0.717) is 30.3 Å². The molecule has 0 radical (unpaired) electrons. The molecule has 7 heterocycles. The standard InChI is InChI=1S/C46H36O31/c47-13-1-9(2-14(48)23(13)53)35(60)74-39-32-31-29(19(70-39)7-68-36(61)10-3-15(49)24(54)27(57)20(10)21-11(37(62)71-31)4-16(50)25(55)28(21)58)73-41(64)42-8-43(65)46(67)45(66,76-40(42)44(77-43)34(59)18(52)6-69-44)33(42)22-12(38(63)72-32)5-17(51)26(56)30(22)75-46/h1-5,18-19,29,31-34,39-40,47-59,65-67H,6-8H2. The lowest BCUT2D eigenvalue weighted by atomic mass is 9.53. The number of carbonyl (C=O) groups is 5. The molecular weight excluding hydrogens is 1050 g/mol. The number of aliphatic hydroxyl groups is 5. The van der Waals surface area contributed by atoms with Crippen LogP contribution in [0.2, 0.25) is 0 Å². The number of fused-ring (bicyclic) bond motifs is 6. The molecule has 16 N–H and O–H groups in total. The first-order valence-electron chi connectivity index (χ1n) is 22.4. The summed E-state index contributed by atoms with van der Waals surface area (Å²) >= 11 is 0. The minimum Gasteiger partial charge on any atom is -0.504 e. The minimum atomic E-state index is -3.81. The first-order chi connectivity index (χ1) is 36.1. The second-order valence-electron chi connectivity index (χ2n) is 19.1. The highest BCUT2D eigenvalue weighted by Crippen LogP contribution is 2.77. The lowest BCUT2D eigenvalue weighted by Gasteiger charge is -2.62. The zero-order chi connectivity index (χ0) is 55.3. The van der Waals surface area contributed by atoms with E-state index in [-0.39, 0.29) is 0 Å². The summed E-state index contributed by atoms with van der Waals surface area (Å²) in [6, 6.07) is 2.36. The van der Waals surface area contributed by atoms with Gasteiger partial charge in [0.1, 0.15) is 36.4 Å². The number of esters is 5. The maximum absolute atomic E-state index is 15.9. The van der Waals surface area contributed by atoms with E-state index in [9.17, 15) is 96.1 Å². The van der Waals surface area contributed by atoms with Crippen molar-refractivity contribution < 1.29 is 153 Å². The van der Waals surface area contributed by atoms with Crippen molar-refractivity contribution in [2.45, 2.75) is 84.5 Å². The number of benzene rings is 4. The van der Waals surface area contributed by atoms with E-state index in [1.54, 1.807) is 0 Å². The maximum atomic E-state index is 15.9. The Morgan fingerprint density at radius 2 is 1.18 bits per heavy atom. The highest BCUT2D eigenvalue weighted by atomic mass is 16.9. The number of cyclic esters (lactones) is 1. The number of phenols is 11. The first kappa shape index (κ1) is 49.4. The molecule has 0 aromatic heterocycles. The van der Waals surface area contributed by atoms with Gasteiger partial charge < -0.3 is 129 Å². The van der Waals surface area contributed by atoms with Crippen LogP contribution in [0.1, 0.15) is 59.3 Å². The van der Waals surface area contributed by atoms with Gasteiger partial charge in [-0.05, 0) is 30.3 Å². The van der Waals surface area contributed by atoms with E-state index in [2.05, 4.69) is 0 Å². The summed E-state index contributed by atoms with van der Waals surface area (Å²) in [6.45, 7) is -2.24. The van der Waals surface area contributed by atoms with Crippen LogP contribution in [0.15, 0.2) is 30.3 Å². The summed E-state index contributed by atoms with van der Waals surface area (Å²) in [6.07, 6.45) is -21.0. The summed E-state index contributed by atoms with van der Waals surface area (Å²) in [5.74, 6) is -41.2. The summed E-state index contributed by atoms with van der Waals surface area (Å²) in [5, 5.41) is 179. The number of aliphatic hydroxyl groups excluding tert-OH is 2. The zero-order valence-corrected chi connectivity index (χ0v) is 38.0. The number of rotatable bonds is 2. The SMILES string of the molecule is O=C(OC1OC2COC(=O)c3cc(O)c(O)c(O)c3-c3c(cc(O)c(O)c3O)C(=O)OC3C2OC(=O)C24CC5(O)OC6(OCC(O)C6O)C2OC2(O)C4c4c(cc(O)c(O)c4OC52O)C(=O)OC13)c1cc(O)c(O)c(O)c1. The number of ether oxygens (including phenoxy) is 10. The molecule has 31 heteroatoms. The van der Waals surface area contributed by atoms with E-state index in [1.165, 1.54) is 0 Å². The second kappa shape index (κ2) is 15.5. The lowest BCUT2D eigenvalue weighted by molar-refractivity contribution is -0.490. The number of hydrogen-bond donors (Lipinski definition) is 16. The third-order valence-electron chi connectivity index (χ3n) is 15.0. The molecule has 0 amide bonds. The molecule has 31 nitrogen and oxygen atoms in total. The van der Waals surface area contributed by atoms with Crippen LogP contribution in [0.4, 0.5) is 0 Å². The highest BCUT2D eigenvalue weighted by molar-refractivity contribution is 6.08. The molecule has 1 aliphatic carbocycles. The fraction of sp³-hybridized carbons (Fsp3) is 0.370. The second-order valence-corrected chi connectivity index (χ2v) is 19.1. The average molecular weight is 1080 g/mol. The molecule has 406 valence electrons. The molecule has 4 saturated heterocycles. The Morgan fingerprint density at radius 1 is 0.623 bits per heavy atom. The van der Waals surface area contributed by atoms with Crippen molar-refractivity contribution in [1.29, 1.82) is 0 Å². The summed E-state index contributed by atoms with van der Waals surface area (Å²) in [4.78, 5) is 74.4. The van der Waals surface area contributed by atoms with Gasteiger partial charge in [-0.1, -0.05) is 0 Å². The molecule has 8 aliphatic rings. The Hall–Kier alpha value is -8.53. The van der Waals surface area contributed by atoms with Gasteiger partial charge in [0, 0.05) is 23.1 Å². The smallest absolute Gasteiger partial charge is 0.340 e. The van der Waals surface area contributed by atoms with E-state index in [1.807, 2.05) is 0 Å². The van der Waals surface area contributed by atoms with Crippen molar-refractivity contribution in [2.24, 2.45) is 5.41 Å². The van der Waals surface area contributed by atoms with Gasteiger partial charge in [-0.2, -0.15) is 0 Å². The van der Waals surface area contributed by atoms with Crippen LogP contribution < -0.4 is 4.74 Å². The van der Waals surface area contributed by atoms with Gasteiger partial charge in [0.05, 0.1) is 34.8 Å². The van der Waals surface area contributed by atoms with Crippen LogP contribution in [0.3, 0.4) is 0 Å². The maximum Gasteiger partial charge on any atom is 0.340 e. The molecule has 2 spiro atoms. The van der Waals surface area contributed by atoms with Crippen molar-refractivity contribution in [2.75, 3.05) is 13.2 Å². The Bertz CT molecular complexity index is 3370. The summed E-state index contributed by atoms with van der Waals surface area (Å²) in [5.41, 5.74) is -10.4. The molecule has 12 rings (SSSR count). The van der Waals surface area contributed by atoms with Gasteiger partial charge in [-0.3, -0.25) is 4.79 Å². The third kappa shape index (κ3) is 6.06. The predicted molar refractivity (Wildman–Crippen MR) is 228 cm³/mol. The lowest BCUT2D eigenvalue weighted by Crippen LogP contribution is -2.83. The van der Waals surface area contributed by atoms with Crippen LogP contribution in [0, 0.1) is 5.41 Å². The normalized spacial score (nSPS) is 36.1. The van der Waals surface area contributed by atoms with Gasteiger partial charge >= 0.3 is 35.6 Å². The molecule has 9 bridgehead atoms. The predicted octanol–water partition coefficient (Wildman–Crippen LogP) is -2.65. The number of phenolic OH excluding ortho intramolecular Hbond substituents is 11. The summed E-state index contributed by atoms with van der Waals surface area (Å²) < 4.78 is 58.2. The Morgan fingerprint density at radius 3 is 1.79 bits per heavy atom. The van der Waals surface area contributed by atoms with Crippen LogP contribution in [0.25, 0.3) is 11.1 Å². The van der Waals surface area contributed by atoms with Gasteiger partial charge in [-0.25, -0.2) is 19.2 Å². The van der Waals surface area contributed by atoms with Crippen molar-refractivity contribution in [1.82, 2.24) is 0 Å². The monoisotopic (exact) mass is 1080 g/mol. The van der Waals surface area contributed by atoms with Crippen LogP contribution in [-0.4, -0.2) is 197 Å². The molecule has 14 unspecified atom stereocenters. The minimum absolute atomic E-state index is 0.357. The van der Waals surface area contributed by atoms with E-state index >= 15 is 9.59 Å². The highest BCUT2D eigenvalue weighted by Gasteiger charge is 2.95. The quantitative estimate of drug-likeness (QED) is 0.0554. The average Bonchev–Trinajstić information content (AvgIpc) is 2.27. The molecule has 1 saturated carbocycles. The molecule has 4 aromatic rings. The van der Waals surface area contributed by atoms with Gasteiger partial charge in [0.2, 0.25) is 47.0 Å². The molecule has 5 fully saturated rings. The Kier molecular flexibility index (Phi) is 9.96. The number of carbonyl (C=O) groups excluding carboxylic acids is 5. The van der Waals surface area contributed by atoms with Gasteiger partial charge in [0.25, 0.3) is 0 Å². The third-order valence-corrected chi connectivity index (χ3v) is 15.0. The molecule has 7 aliphatic heterocycles. The zero-order valence-electron chi connectivity index (χ0n) is 38.0. The van der Waals surface area contributed by atoms with Crippen molar-refractivity contribution in [3.8, 4) is 80.1 Å². The number of hydrogen-bond acceptors (Lipinski definition) is 31. The molecular formula is C46H36O31. The van der Waals surface area contributed by atoms with Gasteiger partial charge in [-0.15, -0.1) is 0 Å². The van der Waals surface area contributed by atoms with Crippen molar-refractivity contribution >= 4 is 29.8 Å². The number of aromatic hydroxyl groups is 11. The first-order valence-corrected chi connectivity index (χ1v) is 22.4. The van der Waals surface area contributed by atoms with E-state index in [4.69, 9.17) is 47.4 Å². The molecule has 14 atom stereocenters. The van der Waals surface area contributed by atoms with Crippen molar-refractivity contribution in [3.63, 3.8) is 0 Å². The van der Waals surface area contributed by atoms with Crippen LogP contribution >= 0.6 is 0 Å². The fourth-order valence-corrected chi connectivity index (χ4v) is 11.6.